The molecule has 0 rings (SSSR count). The van der Waals surface area contributed by atoms with Crippen LogP contribution in [0.2, 0.25) is 0 Å². The van der Waals surface area contributed by atoms with E-state index in [1.807, 2.05) is 0 Å². The van der Waals surface area contributed by atoms with Crippen molar-refractivity contribution in [1.82, 2.24) is 0 Å². The van der Waals surface area contributed by atoms with Gasteiger partial charge in [-0.05, 0) is 18.3 Å². The van der Waals surface area contributed by atoms with Gasteiger partial charge in [-0.15, -0.1) is 0 Å². The van der Waals surface area contributed by atoms with E-state index in [9.17, 15) is 0 Å². The molecular weight excluding hydrogens is 132 g/mol. The zero-order chi connectivity index (χ0) is 8.53. The molecule has 0 unspecified atom stereocenters. The van der Waals surface area contributed by atoms with Gasteiger partial charge in [0.25, 0.3) is 0 Å². The highest BCUT2D eigenvalue weighted by atomic mass is 13.8. The molecule has 0 aliphatic carbocycles. The van der Waals surface area contributed by atoms with Crippen LogP contribution in [0, 0.1) is 29.6 Å². The molecule has 0 aliphatic heterocycles. The fourth-order valence-electron chi connectivity index (χ4n) is 0.552. The third-order valence-electron chi connectivity index (χ3n) is 1.17. The zero-order valence-corrected chi connectivity index (χ0v) is 7.70. The molecule has 0 aromatic carbocycles. The van der Waals surface area contributed by atoms with E-state index in [-0.39, 0.29) is 0 Å². The Bertz CT molecular complexity index is 190. The zero-order valence-electron chi connectivity index (χ0n) is 7.70. The van der Waals surface area contributed by atoms with Crippen LogP contribution in [0.25, 0.3) is 0 Å². The first-order valence-corrected chi connectivity index (χ1v) is 4.25. The van der Waals surface area contributed by atoms with E-state index < -0.39 is 0 Å². The van der Waals surface area contributed by atoms with Gasteiger partial charge in [0.1, 0.15) is 0 Å². The Morgan fingerprint density at radius 2 is 1.91 bits per heavy atom. The van der Waals surface area contributed by atoms with E-state index in [2.05, 4.69) is 44.5 Å². The fraction of sp³-hybridized carbons (Fsp3) is 0.636. The van der Waals surface area contributed by atoms with Gasteiger partial charge in [0.2, 0.25) is 0 Å². The second-order valence-corrected chi connectivity index (χ2v) is 2.83. The molecule has 0 heteroatoms. The number of unbranched alkanes of at least 4 members (excludes halogenated alkanes) is 2. The molecule has 0 radical (unpaired) electrons. The maximum Gasteiger partial charge on any atom is 0.0156 e. The highest BCUT2D eigenvalue weighted by Crippen LogP contribution is 1.90. The van der Waals surface area contributed by atoms with Crippen LogP contribution < -0.4 is 0 Å². The van der Waals surface area contributed by atoms with Gasteiger partial charge in [-0.2, -0.15) is 0 Å². The van der Waals surface area contributed by atoms with Crippen molar-refractivity contribution in [2.75, 3.05) is 0 Å². The maximum absolute atomic E-state index is 3.02. The summed E-state index contributed by atoms with van der Waals surface area (Å²) in [6, 6.07) is 0. The van der Waals surface area contributed by atoms with Crippen molar-refractivity contribution in [1.29, 1.82) is 0 Å². The average molecular weight is 148 g/mol. The minimum atomic E-state index is 0.440. The molecule has 0 saturated heterocycles. The lowest BCUT2D eigenvalue weighted by molar-refractivity contribution is 0.828. The predicted octanol–water partition coefficient (Wildman–Crippen LogP) is 2.84. The normalized spacial score (nSPS) is 8.00. The average Bonchev–Trinajstić information content (AvgIpc) is 1.96. The Balaban J connectivity index is 3.49. The molecule has 0 bridgehead atoms. The molecule has 0 spiro atoms. The molecule has 0 N–H and O–H groups in total. The molecule has 0 aromatic heterocycles. The fourth-order valence-corrected chi connectivity index (χ4v) is 0.552. The molecule has 0 fully saturated rings. The van der Waals surface area contributed by atoms with E-state index in [0.717, 1.165) is 6.42 Å². The van der Waals surface area contributed by atoms with Gasteiger partial charge >= 0.3 is 0 Å². The molecule has 0 aliphatic rings. The van der Waals surface area contributed by atoms with Gasteiger partial charge in [-0.3, -0.25) is 0 Å². The van der Waals surface area contributed by atoms with Crippen LogP contribution in [0.4, 0.5) is 0 Å². The first-order chi connectivity index (χ1) is 5.27. The first kappa shape index (κ1) is 10.1. The quantitative estimate of drug-likeness (QED) is 0.417. The first-order valence-electron chi connectivity index (χ1n) is 4.25. The summed E-state index contributed by atoms with van der Waals surface area (Å²) < 4.78 is 0. The van der Waals surface area contributed by atoms with Crippen molar-refractivity contribution in [2.45, 2.75) is 40.0 Å². The van der Waals surface area contributed by atoms with Crippen LogP contribution in [0.5, 0.6) is 0 Å². The monoisotopic (exact) mass is 148 g/mol. The summed E-state index contributed by atoms with van der Waals surface area (Å²) in [5.74, 6) is 12.1. The summed E-state index contributed by atoms with van der Waals surface area (Å²) >= 11 is 0. The third-order valence-corrected chi connectivity index (χ3v) is 1.17. The molecule has 0 nitrogen and oxygen atoms in total. The Kier molecular flexibility index (Phi) is 6.65. The summed E-state index contributed by atoms with van der Waals surface area (Å²) in [5.41, 5.74) is 0. The second kappa shape index (κ2) is 7.23. The Morgan fingerprint density at radius 1 is 1.18 bits per heavy atom. The molecule has 0 heterocycles. The number of hydrogen-bond donors (Lipinski definition) is 0. The molecule has 0 amide bonds. The van der Waals surface area contributed by atoms with Gasteiger partial charge in [0.15, 0.2) is 0 Å². The summed E-state index contributed by atoms with van der Waals surface area (Å²) in [5, 5.41) is 0. The molecule has 0 aromatic rings. The van der Waals surface area contributed by atoms with Gasteiger partial charge in [-0.25, -0.2) is 0 Å². The highest BCUT2D eigenvalue weighted by molar-refractivity contribution is 5.26. The van der Waals surface area contributed by atoms with Crippen molar-refractivity contribution in [3.63, 3.8) is 0 Å². The molecule has 11 heavy (non-hydrogen) atoms. The Morgan fingerprint density at radius 3 is 2.45 bits per heavy atom. The molecular formula is C11H16. The minimum Gasteiger partial charge on any atom is -0.0891 e. The minimum absolute atomic E-state index is 0.440. The topological polar surface area (TPSA) is 0 Å². The van der Waals surface area contributed by atoms with Gasteiger partial charge in [0.05, 0.1) is 0 Å². The van der Waals surface area contributed by atoms with Crippen LogP contribution in [-0.4, -0.2) is 0 Å². The van der Waals surface area contributed by atoms with E-state index in [1.165, 1.54) is 12.8 Å². The van der Waals surface area contributed by atoms with Crippen LogP contribution in [0.1, 0.15) is 40.0 Å². The van der Waals surface area contributed by atoms with Gasteiger partial charge < -0.3 is 0 Å². The summed E-state index contributed by atoms with van der Waals surface area (Å²) in [6.45, 7) is 6.31. The lowest BCUT2D eigenvalue weighted by Crippen LogP contribution is -1.75. The van der Waals surface area contributed by atoms with E-state index >= 15 is 0 Å². The predicted molar refractivity (Wildman–Crippen MR) is 49.9 cm³/mol. The lowest BCUT2D eigenvalue weighted by atomic mass is 10.2. The highest BCUT2D eigenvalue weighted by Gasteiger charge is 1.78. The Labute approximate surface area is 70.4 Å². The Hall–Kier alpha value is -0.880. The largest absolute Gasteiger partial charge is 0.0891 e. The standard InChI is InChI=1S/C11H16/c1-4-5-6-7-8-9-10-11(2)3/h11H,4-6H2,1-3H3. The molecule has 0 atom stereocenters. The van der Waals surface area contributed by atoms with Crippen molar-refractivity contribution >= 4 is 0 Å². The van der Waals surface area contributed by atoms with E-state index in [0.29, 0.717) is 5.92 Å². The SMILES string of the molecule is CCCCC#CC#CC(C)C. The van der Waals surface area contributed by atoms with Crippen LogP contribution in [0.15, 0.2) is 0 Å². The third kappa shape index (κ3) is 9.12. The second-order valence-electron chi connectivity index (χ2n) is 2.83. The van der Waals surface area contributed by atoms with Crippen molar-refractivity contribution in [3.05, 3.63) is 0 Å². The van der Waals surface area contributed by atoms with Crippen molar-refractivity contribution in [3.8, 4) is 23.7 Å². The molecule has 60 valence electrons. The summed E-state index contributed by atoms with van der Waals surface area (Å²) in [7, 11) is 0. The summed E-state index contributed by atoms with van der Waals surface area (Å²) in [4.78, 5) is 0. The van der Waals surface area contributed by atoms with Crippen molar-refractivity contribution in [2.24, 2.45) is 5.92 Å². The smallest absolute Gasteiger partial charge is 0.0156 e. The van der Waals surface area contributed by atoms with Gasteiger partial charge in [0, 0.05) is 12.3 Å². The van der Waals surface area contributed by atoms with Crippen LogP contribution in [-0.2, 0) is 0 Å². The summed E-state index contributed by atoms with van der Waals surface area (Å²) in [6.07, 6.45) is 3.39. The lowest BCUT2D eigenvalue weighted by Gasteiger charge is -1.83. The van der Waals surface area contributed by atoms with Crippen molar-refractivity contribution < 1.29 is 0 Å². The van der Waals surface area contributed by atoms with Crippen LogP contribution >= 0.6 is 0 Å². The maximum atomic E-state index is 3.02. The van der Waals surface area contributed by atoms with E-state index in [4.69, 9.17) is 0 Å². The number of hydrogen-bond acceptors (Lipinski definition) is 0. The molecule has 0 saturated carbocycles. The van der Waals surface area contributed by atoms with Gasteiger partial charge in [-0.1, -0.05) is 39.0 Å². The number of rotatable bonds is 2. The van der Waals surface area contributed by atoms with E-state index in [1.54, 1.807) is 0 Å². The van der Waals surface area contributed by atoms with Crippen LogP contribution in [0.3, 0.4) is 0 Å².